The number of carbonyl (C=O) groups is 2. The summed E-state index contributed by atoms with van der Waals surface area (Å²) in [5.41, 5.74) is 7.66. The van der Waals surface area contributed by atoms with Crippen LogP contribution >= 0.6 is 0 Å². The molecule has 6 heteroatoms. The minimum Gasteiger partial charge on any atom is -0.480 e. The van der Waals surface area contributed by atoms with E-state index in [9.17, 15) is 14.7 Å². The van der Waals surface area contributed by atoms with Crippen LogP contribution in [0.5, 0.6) is 0 Å². The van der Waals surface area contributed by atoms with Gasteiger partial charge in [0.2, 0.25) is 5.91 Å². The molecule has 23 heavy (non-hydrogen) atoms. The molecule has 1 aromatic heterocycles. The molecule has 1 heterocycles. The Kier molecular flexibility index (Phi) is 5.39. The van der Waals surface area contributed by atoms with Crippen molar-refractivity contribution in [3.63, 3.8) is 0 Å². The van der Waals surface area contributed by atoms with Crippen molar-refractivity contribution in [3.8, 4) is 0 Å². The Morgan fingerprint density at radius 2 is 2.04 bits per heavy atom. The Hall–Kier alpha value is -2.34. The number of aromatic nitrogens is 1. The number of rotatable bonds is 7. The molecule has 1 amide bonds. The number of benzene rings is 1. The second kappa shape index (κ2) is 7.28. The molecule has 124 valence electrons. The predicted octanol–water partition coefficient (Wildman–Crippen LogP) is 1.65. The molecule has 0 unspecified atom stereocenters. The van der Waals surface area contributed by atoms with Crippen LogP contribution in [-0.2, 0) is 16.0 Å². The van der Waals surface area contributed by atoms with E-state index in [0.717, 1.165) is 22.9 Å². The minimum absolute atomic E-state index is 0.00228. The fraction of sp³-hybridized carbons (Fsp3) is 0.412. The van der Waals surface area contributed by atoms with Crippen LogP contribution in [0.15, 0.2) is 30.5 Å². The highest BCUT2D eigenvalue weighted by Gasteiger charge is 2.26. The summed E-state index contributed by atoms with van der Waals surface area (Å²) in [6.45, 7) is 3.82. The van der Waals surface area contributed by atoms with Crippen molar-refractivity contribution in [3.05, 3.63) is 36.0 Å². The summed E-state index contributed by atoms with van der Waals surface area (Å²) < 4.78 is 0. The van der Waals surface area contributed by atoms with E-state index in [2.05, 4.69) is 10.3 Å². The first-order valence-corrected chi connectivity index (χ1v) is 7.77. The Labute approximate surface area is 135 Å². The highest BCUT2D eigenvalue weighted by molar-refractivity contribution is 5.88. The van der Waals surface area contributed by atoms with E-state index >= 15 is 0 Å². The molecular formula is C17H23N3O3. The van der Waals surface area contributed by atoms with Crippen LogP contribution in [0.1, 0.15) is 25.8 Å². The number of carboxylic acid groups (broad SMARTS) is 1. The molecule has 2 rings (SSSR count). The zero-order valence-electron chi connectivity index (χ0n) is 13.4. The Balaban J connectivity index is 2.13. The standard InChI is InChI=1S/C17H23N3O3/c1-3-10(2)15(18)16(21)20-14(17(22)23)8-11-9-19-13-7-5-4-6-12(11)13/h4-7,9-10,14-15,19H,3,8,18H2,1-2H3,(H,20,21)(H,22,23)/t10-,14+,15+/m0/s1. The van der Waals surface area contributed by atoms with Gasteiger partial charge < -0.3 is 21.1 Å². The zero-order chi connectivity index (χ0) is 17.0. The van der Waals surface area contributed by atoms with Crippen LogP contribution in [0.4, 0.5) is 0 Å². The molecule has 1 aromatic carbocycles. The molecule has 0 bridgehead atoms. The molecule has 0 spiro atoms. The summed E-state index contributed by atoms with van der Waals surface area (Å²) in [5, 5.41) is 12.9. The Bertz CT molecular complexity index is 695. The van der Waals surface area contributed by atoms with Gasteiger partial charge in [-0.2, -0.15) is 0 Å². The van der Waals surface area contributed by atoms with Crippen LogP contribution < -0.4 is 11.1 Å². The summed E-state index contributed by atoms with van der Waals surface area (Å²) in [6.07, 6.45) is 2.74. The van der Waals surface area contributed by atoms with Gasteiger partial charge >= 0.3 is 5.97 Å². The number of hydrogen-bond acceptors (Lipinski definition) is 3. The van der Waals surface area contributed by atoms with Gasteiger partial charge in [-0.05, 0) is 17.5 Å². The van der Waals surface area contributed by atoms with Crippen LogP contribution in [0.25, 0.3) is 10.9 Å². The first-order chi connectivity index (χ1) is 10.9. The SMILES string of the molecule is CC[C@H](C)[C@@H](N)C(=O)N[C@H](Cc1c[nH]c2ccccc12)C(=O)O. The lowest BCUT2D eigenvalue weighted by molar-refractivity contribution is -0.142. The summed E-state index contributed by atoms with van der Waals surface area (Å²) in [6, 6.07) is 5.94. The highest BCUT2D eigenvalue weighted by atomic mass is 16.4. The van der Waals surface area contributed by atoms with Crippen LogP contribution in [0, 0.1) is 5.92 Å². The molecule has 0 radical (unpaired) electrons. The normalized spacial score (nSPS) is 15.1. The number of carboxylic acids is 1. The third kappa shape index (κ3) is 3.90. The van der Waals surface area contributed by atoms with Gasteiger partial charge in [-0.1, -0.05) is 38.5 Å². The summed E-state index contributed by atoms with van der Waals surface area (Å²) >= 11 is 0. The number of hydrogen-bond donors (Lipinski definition) is 4. The van der Waals surface area contributed by atoms with E-state index in [1.54, 1.807) is 6.20 Å². The molecule has 2 aromatic rings. The molecule has 0 saturated carbocycles. The number of amides is 1. The van der Waals surface area contributed by atoms with Crippen molar-refractivity contribution in [2.24, 2.45) is 11.7 Å². The average Bonchev–Trinajstić information content (AvgIpc) is 2.95. The number of para-hydroxylation sites is 1. The van der Waals surface area contributed by atoms with Crippen LogP contribution in [0.3, 0.4) is 0 Å². The largest absolute Gasteiger partial charge is 0.480 e. The topological polar surface area (TPSA) is 108 Å². The van der Waals surface area contributed by atoms with Crippen molar-refractivity contribution in [2.75, 3.05) is 0 Å². The van der Waals surface area contributed by atoms with Crippen molar-refractivity contribution in [2.45, 2.75) is 38.8 Å². The minimum atomic E-state index is -1.07. The Morgan fingerprint density at radius 1 is 1.35 bits per heavy atom. The van der Waals surface area contributed by atoms with Gasteiger partial charge in [-0.25, -0.2) is 4.79 Å². The molecule has 0 aliphatic heterocycles. The fourth-order valence-electron chi connectivity index (χ4n) is 2.50. The molecule has 0 aliphatic rings. The van der Waals surface area contributed by atoms with Crippen LogP contribution in [0.2, 0.25) is 0 Å². The van der Waals surface area contributed by atoms with Gasteiger partial charge in [0.05, 0.1) is 6.04 Å². The number of aromatic amines is 1. The predicted molar refractivity (Wildman–Crippen MR) is 89.0 cm³/mol. The quantitative estimate of drug-likeness (QED) is 0.622. The number of aliphatic carboxylic acids is 1. The molecule has 5 N–H and O–H groups in total. The maximum absolute atomic E-state index is 12.1. The molecular weight excluding hydrogens is 294 g/mol. The van der Waals surface area contributed by atoms with E-state index in [0.29, 0.717) is 0 Å². The summed E-state index contributed by atoms with van der Waals surface area (Å²) in [5.74, 6) is -1.50. The smallest absolute Gasteiger partial charge is 0.326 e. The third-order valence-corrected chi connectivity index (χ3v) is 4.27. The summed E-state index contributed by atoms with van der Waals surface area (Å²) in [7, 11) is 0. The molecule has 0 fully saturated rings. The first kappa shape index (κ1) is 17.0. The number of carbonyl (C=O) groups excluding carboxylic acids is 1. The van der Waals surface area contributed by atoms with Gasteiger partial charge in [0.1, 0.15) is 6.04 Å². The maximum atomic E-state index is 12.1. The van der Waals surface area contributed by atoms with Crippen molar-refractivity contribution in [1.29, 1.82) is 0 Å². The van der Waals surface area contributed by atoms with Gasteiger partial charge in [-0.3, -0.25) is 4.79 Å². The van der Waals surface area contributed by atoms with E-state index in [1.165, 1.54) is 0 Å². The molecule has 0 saturated heterocycles. The third-order valence-electron chi connectivity index (χ3n) is 4.27. The van der Waals surface area contributed by atoms with Crippen molar-refractivity contribution in [1.82, 2.24) is 10.3 Å². The second-order valence-electron chi connectivity index (χ2n) is 5.87. The molecule has 3 atom stereocenters. The van der Waals surface area contributed by atoms with E-state index in [4.69, 9.17) is 5.73 Å². The lowest BCUT2D eigenvalue weighted by Crippen LogP contribution is -2.51. The molecule has 0 aliphatic carbocycles. The van der Waals surface area contributed by atoms with Gasteiger partial charge in [0.25, 0.3) is 0 Å². The highest BCUT2D eigenvalue weighted by Crippen LogP contribution is 2.19. The van der Waals surface area contributed by atoms with Crippen LogP contribution in [-0.4, -0.2) is 34.1 Å². The maximum Gasteiger partial charge on any atom is 0.326 e. The average molecular weight is 317 g/mol. The van der Waals surface area contributed by atoms with E-state index in [1.807, 2.05) is 38.1 Å². The van der Waals surface area contributed by atoms with Gasteiger partial charge in [0, 0.05) is 23.5 Å². The fourth-order valence-corrected chi connectivity index (χ4v) is 2.50. The number of H-pyrrole nitrogens is 1. The monoisotopic (exact) mass is 317 g/mol. The van der Waals surface area contributed by atoms with Gasteiger partial charge in [0.15, 0.2) is 0 Å². The molecule has 6 nitrogen and oxygen atoms in total. The Morgan fingerprint density at radius 3 is 2.70 bits per heavy atom. The zero-order valence-corrected chi connectivity index (χ0v) is 13.4. The number of nitrogens with two attached hydrogens (primary N) is 1. The first-order valence-electron chi connectivity index (χ1n) is 7.77. The van der Waals surface area contributed by atoms with Crippen molar-refractivity contribution >= 4 is 22.8 Å². The number of nitrogens with one attached hydrogen (secondary N) is 2. The number of fused-ring (bicyclic) bond motifs is 1. The van der Waals surface area contributed by atoms with E-state index < -0.39 is 24.0 Å². The lowest BCUT2D eigenvalue weighted by Gasteiger charge is -2.21. The van der Waals surface area contributed by atoms with Crippen molar-refractivity contribution < 1.29 is 14.7 Å². The lowest BCUT2D eigenvalue weighted by atomic mass is 9.98. The second-order valence-corrected chi connectivity index (χ2v) is 5.87. The van der Waals surface area contributed by atoms with E-state index in [-0.39, 0.29) is 12.3 Å². The summed E-state index contributed by atoms with van der Waals surface area (Å²) in [4.78, 5) is 26.7. The van der Waals surface area contributed by atoms with Gasteiger partial charge in [-0.15, -0.1) is 0 Å².